The Morgan fingerprint density at radius 3 is 2.80 bits per heavy atom. The van der Waals surface area contributed by atoms with Crippen molar-refractivity contribution < 1.29 is 4.79 Å². The van der Waals surface area contributed by atoms with Gasteiger partial charge in [-0.05, 0) is 24.2 Å². The Morgan fingerprint density at radius 2 is 2.10 bits per heavy atom. The van der Waals surface area contributed by atoms with E-state index in [1.54, 1.807) is 4.57 Å². The number of Topliss-reactive ketones (excluding diaryl/α,β-unsaturated/α-hetero) is 1. The molecule has 1 aromatic heterocycles. The Bertz CT molecular complexity index is 660. The zero-order valence-corrected chi connectivity index (χ0v) is 12.4. The van der Waals surface area contributed by atoms with Crippen LogP contribution in [0, 0.1) is 0 Å². The lowest BCUT2D eigenvalue weighted by Gasteiger charge is -2.07. The Morgan fingerprint density at radius 1 is 1.35 bits per heavy atom. The van der Waals surface area contributed by atoms with Crippen molar-refractivity contribution in [2.45, 2.75) is 43.3 Å². The molecular weight excluding hydrogens is 274 g/mol. The van der Waals surface area contributed by atoms with E-state index in [2.05, 4.69) is 10.2 Å². The maximum Gasteiger partial charge on any atom is 0.343 e. The van der Waals surface area contributed by atoms with Gasteiger partial charge in [-0.3, -0.25) is 9.36 Å². The van der Waals surface area contributed by atoms with E-state index in [1.807, 2.05) is 38.1 Å². The fourth-order valence-corrected chi connectivity index (χ4v) is 2.89. The number of carbonyl (C=O) groups excluding carboxylic acids is 1. The van der Waals surface area contributed by atoms with Crippen LogP contribution < -0.4 is 5.69 Å². The average molecular weight is 291 g/mol. The normalized spacial score (nSPS) is 10.7. The van der Waals surface area contributed by atoms with E-state index in [9.17, 15) is 9.59 Å². The predicted octanol–water partition coefficient (Wildman–Crippen LogP) is 2.73. The molecule has 1 heterocycles. The molecule has 0 atom stereocenters. The smallest absolute Gasteiger partial charge is 0.294 e. The molecule has 0 spiro atoms. The second-order valence-electron chi connectivity index (χ2n) is 4.34. The van der Waals surface area contributed by atoms with Gasteiger partial charge in [0.05, 0.1) is 0 Å². The second kappa shape index (κ2) is 6.56. The van der Waals surface area contributed by atoms with Gasteiger partial charge in [-0.2, -0.15) is 0 Å². The molecule has 1 aromatic carbocycles. The number of ketones is 1. The van der Waals surface area contributed by atoms with Crippen LogP contribution in [0.5, 0.6) is 0 Å². The summed E-state index contributed by atoms with van der Waals surface area (Å²) in [4.78, 5) is 24.4. The zero-order chi connectivity index (χ0) is 14.5. The van der Waals surface area contributed by atoms with Crippen LogP contribution in [0.2, 0.25) is 0 Å². The third-order valence-corrected chi connectivity index (χ3v) is 3.95. The van der Waals surface area contributed by atoms with Gasteiger partial charge >= 0.3 is 5.69 Å². The van der Waals surface area contributed by atoms with E-state index < -0.39 is 0 Å². The van der Waals surface area contributed by atoms with E-state index >= 15 is 0 Å². The maximum absolute atomic E-state index is 11.9. The van der Waals surface area contributed by atoms with E-state index in [0.717, 1.165) is 11.3 Å². The number of aromatic amines is 1. The lowest BCUT2D eigenvalue weighted by atomic mass is 10.1. The monoisotopic (exact) mass is 291 g/mol. The highest BCUT2D eigenvalue weighted by molar-refractivity contribution is 7.99. The highest BCUT2D eigenvalue weighted by Crippen LogP contribution is 2.29. The first kappa shape index (κ1) is 14.6. The quantitative estimate of drug-likeness (QED) is 0.831. The van der Waals surface area contributed by atoms with Crippen molar-refractivity contribution in [3.63, 3.8) is 0 Å². The number of rotatable bonds is 6. The second-order valence-corrected chi connectivity index (χ2v) is 5.35. The van der Waals surface area contributed by atoms with Crippen LogP contribution in [0.1, 0.15) is 37.0 Å². The van der Waals surface area contributed by atoms with Gasteiger partial charge in [-0.25, -0.2) is 9.89 Å². The molecule has 0 saturated heterocycles. The molecule has 1 N–H and O–H groups in total. The zero-order valence-electron chi connectivity index (χ0n) is 11.5. The van der Waals surface area contributed by atoms with E-state index in [-0.39, 0.29) is 11.5 Å². The first-order valence-electron chi connectivity index (χ1n) is 6.62. The molecule has 0 aliphatic carbocycles. The molecule has 0 fully saturated rings. The van der Waals surface area contributed by atoms with E-state index in [1.165, 1.54) is 11.8 Å². The van der Waals surface area contributed by atoms with Crippen LogP contribution in [0.4, 0.5) is 0 Å². The van der Waals surface area contributed by atoms with Crippen molar-refractivity contribution in [2.24, 2.45) is 0 Å². The largest absolute Gasteiger partial charge is 0.343 e. The fourth-order valence-electron chi connectivity index (χ4n) is 1.88. The average Bonchev–Trinajstić information content (AvgIpc) is 2.80. The molecule has 2 rings (SSSR count). The third-order valence-electron chi connectivity index (χ3n) is 2.88. The summed E-state index contributed by atoms with van der Waals surface area (Å²) in [5.41, 5.74) is 0.465. The minimum Gasteiger partial charge on any atom is -0.294 e. The third kappa shape index (κ3) is 3.01. The van der Waals surface area contributed by atoms with Crippen LogP contribution >= 0.6 is 11.8 Å². The van der Waals surface area contributed by atoms with E-state index in [4.69, 9.17) is 0 Å². The number of nitrogens with zero attached hydrogens (tertiary/aromatic N) is 2. The Kier molecular flexibility index (Phi) is 4.79. The number of nitrogens with one attached hydrogen (secondary N) is 1. The standard InChI is InChI=1S/C14H17N3O2S/c1-3-9-17-13(19)15-16-14(17)20-12-8-6-5-7-10(12)11(18)4-2/h5-8H,3-4,9H2,1-2H3,(H,15,19). The van der Waals surface area contributed by atoms with Crippen molar-refractivity contribution >= 4 is 17.5 Å². The topological polar surface area (TPSA) is 67.8 Å². The summed E-state index contributed by atoms with van der Waals surface area (Å²) in [6.07, 6.45) is 1.31. The van der Waals surface area contributed by atoms with Gasteiger partial charge in [-0.15, -0.1) is 5.10 Å². The van der Waals surface area contributed by atoms with Crippen molar-refractivity contribution in [3.05, 3.63) is 40.3 Å². The van der Waals surface area contributed by atoms with Crippen LogP contribution in [0.15, 0.2) is 39.1 Å². The molecule has 0 radical (unpaired) electrons. The predicted molar refractivity (Wildman–Crippen MR) is 78.3 cm³/mol. The van der Waals surface area contributed by atoms with Gasteiger partial charge in [0, 0.05) is 23.4 Å². The molecule has 0 unspecified atom stereocenters. The number of H-pyrrole nitrogens is 1. The number of benzene rings is 1. The Labute approximate surface area is 121 Å². The summed E-state index contributed by atoms with van der Waals surface area (Å²) in [6.45, 7) is 4.45. The van der Waals surface area contributed by atoms with Crippen molar-refractivity contribution in [3.8, 4) is 0 Å². The first-order valence-corrected chi connectivity index (χ1v) is 7.44. The highest BCUT2D eigenvalue weighted by Gasteiger charge is 2.14. The number of hydrogen-bond donors (Lipinski definition) is 1. The van der Waals surface area contributed by atoms with Gasteiger partial charge in [-0.1, -0.05) is 32.0 Å². The van der Waals surface area contributed by atoms with Crippen LogP contribution in [-0.4, -0.2) is 20.5 Å². The van der Waals surface area contributed by atoms with Crippen molar-refractivity contribution in [1.82, 2.24) is 14.8 Å². The van der Waals surface area contributed by atoms with Crippen molar-refractivity contribution in [2.75, 3.05) is 0 Å². The van der Waals surface area contributed by atoms with Gasteiger partial charge in [0.15, 0.2) is 10.9 Å². The van der Waals surface area contributed by atoms with Gasteiger partial charge in [0.1, 0.15) is 0 Å². The Hall–Kier alpha value is -1.82. The van der Waals surface area contributed by atoms with Crippen molar-refractivity contribution in [1.29, 1.82) is 0 Å². The summed E-state index contributed by atoms with van der Waals surface area (Å²) < 4.78 is 1.60. The maximum atomic E-state index is 11.9. The molecular formula is C14H17N3O2S. The molecule has 0 amide bonds. The minimum absolute atomic E-state index is 0.0908. The lowest BCUT2D eigenvalue weighted by molar-refractivity contribution is 0.0985. The molecule has 0 aliphatic rings. The SMILES string of the molecule is CCCn1c(Sc2ccccc2C(=O)CC)n[nH]c1=O. The minimum atomic E-state index is -0.214. The molecule has 0 bridgehead atoms. The van der Waals surface area contributed by atoms with E-state index in [0.29, 0.717) is 23.7 Å². The van der Waals surface area contributed by atoms with Gasteiger partial charge in [0.25, 0.3) is 0 Å². The highest BCUT2D eigenvalue weighted by atomic mass is 32.2. The lowest BCUT2D eigenvalue weighted by Crippen LogP contribution is -2.17. The van der Waals surface area contributed by atoms with Crippen LogP contribution in [0.3, 0.4) is 0 Å². The summed E-state index contributed by atoms with van der Waals surface area (Å²) in [7, 11) is 0. The summed E-state index contributed by atoms with van der Waals surface area (Å²) in [5.74, 6) is 0.0908. The molecule has 6 heteroatoms. The Balaban J connectivity index is 2.35. The van der Waals surface area contributed by atoms with Crippen LogP contribution in [0.25, 0.3) is 0 Å². The number of carbonyl (C=O) groups is 1. The summed E-state index contributed by atoms with van der Waals surface area (Å²) in [6, 6.07) is 7.41. The van der Waals surface area contributed by atoms with Gasteiger partial charge in [0.2, 0.25) is 0 Å². The number of aromatic nitrogens is 3. The summed E-state index contributed by atoms with van der Waals surface area (Å²) >= 11 is 1.35. The molecule has 106 valence electrons. The molecule has 0 aliphatic heterocycles. The van der Waals surface area contributed by atoms with Gasteiger partial charge < -0.3 is 0 Å². The first-order chi connectivity index (χ1) is 9.67. The molecule has 5 nitrogen and oxygen atoms in total. The number of hydrogen-bond acceptors (Lipinski definition) is 4. The molecule has 20 heavy (non-hydrogen) atoms. The fraction of sp³-hybridized carbons (Fsp3) is 0.357. The van der Waals surface area contributed by atoms with Crippen LogP contribution in [-0.2, 0) is 6.54 Å². The molecule has 0 saturated carbocycles. The summed E-state index contributed by atoms with van der Waals surface area (Å²) in [5, 5.41) is 7.08. The molecule has 2 aromatic rings.